The van der Waals surface area contributed by atoms with Crippen LogP contribution in [-0.4, -0.2) is 34.3 Å². The molecule has 1 aliphatic heterocycles. The van der Waals surface area contributed by atoms with Gasteiger partial charge in [-0.1, -0.05) is 6.07 Å². The number of rotatable bonds is 2. The van der Waals surface area contributed by atoms with E-state index in [0.29, 0.717) is 16.8 Å². The summed E-state index contributed by atoms with van der Waals surface area (Å²) < 4.78 is 0.620. The summed E-state index contributed by atoms with van der Waals surface area (Å²) in [6.07, 6.45) is 1.53. The fraction of sp³-hybridized carbons (Fsp3) is 0.462. The second kappa shape index (κ2) is 5.69. The first-order chi connectivity index (χ1) is 8.99. The Morgan fingerprint density at radius 1 is 1.42 bits per heavy atom. The quantitative estimate of drug-likeness (QED) is 0.838. The fourth-order valence-electron chi connectivity index (χ4n) is 2.30. The summed E-state index contributed by atoms with van der Waals surface area (Å²) in [5, 5.41) is 0. The van der Waals surface area contributed by atoms with Crippen molar-refractivity contribution in [1.29, 1.82) is 0 Å². The van der Waals surface area contributed by atoms with Crippen LogP contribution in [0.1, 0.15) is 30.3 Å². The van der Waals surface area contributed by atoms with E-state index >= 15 is 0 Å². The molecule has 1 aromatic rings. The zero-order valence-electron chi connectivity index (χ0n) is 10.7. The Balaban J connectivity index is 2.19. The molecule has 5 nitrogen and oxygen atoms in total. The van der Waals surface area contributed by atoms with Crippen molar-refractivity contribution in [3.63, 3.8) is 0 Å². The molecule has 0 aliphatic carbocycles. The van der Waals surface area contributed by atoms with Gasteiger partial charge in [0.1, 0.15) is 10.3 Å². The van der Waals surface area contributed by atoms with E-state index in [0.717, 1.165) is 12.8 Å². The second-order valence-electron chi connectivity index (χ2n) is 4.83. The van der Waals surface area contributed by atoms with E-state index in [1.54, 1.807) is 23.1 Å². The van der Waals surface area contributed by atoms with Crippen molar-refractivity contribution in [2.24, 2.45) is 11.7 Å². The lowest BCUT2D eigenvalue weighted by Crippen LogP contribution is -2.48. The Hall–Kier alpha value is -1.43. The van der Waals surface area contributed by atoms with Gasteiger partial charge in [0.05, 0.1) is 5.92 Å². The molecule has 0 bridgehead atoms. The highest BCUT2D eigenvalue weighted by Crippen LogP contribution is 2.23. The predicted octanol–water partition coefficient (Wildman–Crippen LogP) is 1.57. The van der Waals surface area contributed by atoms with E-state index < -0.39 is 0 Å². The summed E-state index contributed by atoms with van der Waals surface area (Å²) in [6, 6.07) is 5.31. The predicted molar refractivity (Wildman–Crippen MR) is 74.4 cm³/mol. The Labute approximate surface area is 120 Å². The van der Waals surface area contributed by atoms with Crippen LogP contribution < -0.4 is 5.73 Å². The maximum atomic E-state index is 12.4. The van der Waals surface area contributed by atoms with Crippen molar-refractivity contribution in [2.45, 2.75) is 25.8 Å². The van der Waals surface area contributed by atoms with Crippen LogP contribution in [0.5, 0.6) is 0 Å². The fourth-order valence-corrected chi connectivity index (χ4v) is 2.64. The van der Waals surface area contributed by atoms with Crippen LogP contribution in [0, 0.1) is 5.92 Å². The van der Waals surface area contributed by atoms with Gasteiger partial charge in [-0.25, -0.2) is 4.98 Å². The van der Waals surface area contributed by atoms with Crippen molar-refractivity contribution in [3.8, 4) is 0 Å². The molecule has 102 valence electrons. The highest BCUT2D eigenvalue weighted by Gasteiger charge is 2.32. The standard InChI is InChI=1S/C13H16BrN3O2/c1-8-5-6-9(12(15)18)7-17(8)13(19)10-3-2-4-11(14)16-10/h2-4,8-9H,5-7H2,1H3,(H2,15,18). The molecule has 0 spiro atoms. The lowest BCUT2D eigenvalue weighted by atomic mass is 9.92. The number of primary amides is 1. The van der Waals surface area contributed by atoms with Gasteiger partial charge in [-0.2, -0.15) is 0 Å². The molecule has 2 heterocycles. The van der Waals surface area contributed by atoms with Crippen LogP contribution in [0.2, 0.25) is 0 Å². The SMILES string of the molecule is CC1CCC(C(N)=O)CN1C(=O)c1cccc(Br)n1. The monoisotopic (exact) mass is 325 g/mol. The molecule has 2 amide bonds. The maximum Gasteiger partial charge on any atom is 0.272 e. The van der Waals surface area contributed by atoms with Crippen LogP contribution in [0.3, 0.4) is 0 Å². The number of carbonyl (C=O) groups excluding carboxylic acids is 2. The number of nitrogens with two attached hydrogens (primary N) is 1. The number of aromatic nitrogens is 1. The molecule has 1 fully saturated rings. The smallest absolute Gasteiger partial charge is 0.272 e. The van der Waals surface area contributed by atoms with Crippen molar-refractivity contribution in [3.05, 3.63) is 28.5 Å². The molecule has 1 saturated heterocycles. The van der Waals surface area contributed by atoms with E-state index in [2.05, 4.69) is 20.9 Å². The molecule has 0 radical (unpaired) electrons. The van der Waals surface area contributed by atoms with Crippen LogP contribution in [-0.2, 0) is 4.79 Å². The number of halogens is 1. The van der Waals surface area contributed by atoms with E-state index in [-0.39, 0.29) is 23.8 Å². The second-order valence-corrected chi connectivity index (χ2v) is 5.64. The third-order valence-corrected chi connectivity index (χ3v) is 3.92. The molecule has 0 aromatic carbocycles. The van der Waals surface area contributed by atoms with Crippen molar-refractivity contribution >= 4 is 27.7 Å². The van der Waals surface area contributed by atoms with Crippen molar-refractivity contribution in [2.75, 3.05) is 6.54 Å². The van der Waals surface area contributed by atoms with Crippen LogP contribution >= 0.6 is 15.9 Å². The van der Waals surface area contributed by atoms with Gasteiger partial charge in [0.25, 0.3) is 5.91 Å². The van der Waals surface area contributed by atoms with Gasteiger partial charge in [0, 0.05) is 12.6 Å². The van der Waals surface area contributed by atoms with Gasteiger partial charge in [-0.05, 0) is 47.8 Å². The average Bonchev–Trinajstić information content (AvgIpc) is 2.38. The van der Waals surface area contributed by atoms with Gasteiger partial charge in [-0.3, -0.25) is 9.59 Å². The first-order valence-corrected chi connectivity index (χ1v) is 7.01. The first-order valence-electron chi connectivity index (χ1n) is 6.22. The number of piperidine rings is 1. The number of amides is 2. The Bertz CT molecular complexity index is 506. The highest BCUT2D eigenvalue weighted by molar-refractivity contribution is 9.10. The van der Waals surface area contributed by atoms with E-state index in [9.17, 15) is 9.59 Å². The molecular formula is C13H16BrN3O2. The van der Waals surface area contributed by atoms with Crippen LogP contribution in [0.4, 0.5) is 0 Å². The molecule has 6 heteroatoms. The summed E-state index contributed by atoms with van der Waals surface area (Å²) in [5.74, 6) is -0.751. The number of hydrogen-bond donors (Lipinski definition) is 1. The minimum absolute atomic E-state index is 0.101. The van der Waals surface area contributed by atoms with Gasteiger partial charge >= 0.3 is 0 Å². The van der Waals surface area contributed by atoms with Crippen molar-refractivity contribution in [1.82, 2.24) is 9.88 Å². The third kappa shape index (κ3) is 3.12. The summed E-state index contributed by atoms with van der Waals surface area (Å²) in [4.78, 5) is 29.6. The summed E-state index contributed by atoms with van der Waals surface area (Å²) in [7, 11) is 0. The van der Waals surface area contributed by atoms with Crippen LogP contribution in [0.15, 0.2) is 22.8 Å². The Morgan fingerprint density at radius 3 is 2.79 bits per heavy atom. The normalized spacial score (nSPS) is 23.2. The lowest BCUT2D eigenvalue weighted by Gasteiger charge is -2.36. The first kappa shape index (κ1) is 14.0. The number of nitrogens with zero attached hydrogens (tertiary/aromatic N) is 2. The van der Waals surface area contributed by atoms with E-state index in [1.807, 2.05) is 6.92 Å². The summed E-state index contributed by atoms with van der Waals surface area (Å²) in [6.45, 7) is 2.36. The van der Waals surface area contributed by atoms with E-state index in [1.165, 1.54) is 0 Å². The average molecular weight is 326 g/mol. The Kier molecular flexibility index (Phi) is 4.19. The molecule has 0 saturated carbocycles. The zero-order chi connectivity index (χ0) is 14.0. The number of carbonyl (C=O) groups is 2. The zero-order valence-corrected chi connectivity index (χ0v) is 12.3. The summed E-state index contributed by atoms with van der Waals surface area (Å²) in [5.41, 5.74) is 5.72. The van der Waals surface area contributed by atoms with Crippen LogP contribution in [0.25, 0.3) is 0 Å². The lowest BCUT2D eigenvalue weighted by molar-refractivity contribution is -0.123. The van der Waals surface area contributed by atoms with E-state index in [4.69, 9.17) is 5.73 Å². The number of pyridine rings is 1. The molecule has 2 rings (SSSR count). The molecule has 2 atom stereocenters. The number of hydrogen-bond acceptors (Lipinski definition) is 3. The molecular weight excluding hydrogens is 310 g/mol. The highest BCUT2D eigenvalue weighted by atomic mass is 79.9. The van der Waals surface area contributed by atoms with Gasteiger partial charge < -0.3 is 10.6 Å². The molecule has 1 aromatic heterocycles. The third-order valence-electron chi connectivity index (χ3n) is 3.48. The molecule has 19 heavy (non-hydrogen) atoms. The van der Waals surface area contributed by atoms with Gasteiger partial charge in [-0.15, -0.1) is 0 Å². The topological polar surface area (TPSA) is 76.3 Å². The minimum atomic E-state index is -0.341. The largest absolute Gasteiger partial charge is 0.369 e. The molecule has 2 N–H and O–H groups in total. The molecule has 2 unspecified atom stereocenters. The number of likely N-dealkylation sites (tertiary alicyclic amines) is 1. The van der Waals surface area contributed by atoms with Gasteiger partial charge in [0.2, 0.25) is 5.91 Å². The minimum Gasteiger partial charge on any atom is -0.369 e. The maximum absolute atomic E-state index is 12.4. The van der Waals surface area contributed by atoms with Crippen molar-refractivity contribution < 1.29 is 9.59 Å². The van der Waals surface area contributed by atoms with Gasteiger partial charge in [0.15, 0.2) is 0 Å². The summed E-state index contributed by atoms with van der Waals surface area (Å²) >= 11 is 3.25. The Morgan fingerprint density at radius 2 is 2.16 bits per heavy atom. The molecule has 1 aliphatic rings.